The van der Waals surface area contributed by atoms with Crippen LogP contribution in [0.15, 0.2) is 0 Å². The molecule has 0 aromatic heterocycles. The molecule has 1 rings (SSSR count). The zero-order valence-electron chi connectivity index (χ0n) is 8.31. The van der Waals surface area contributed by atoms with Crippen molar-refractivity contribution in [1.82, 2.24) is 5.32 Å². The van der Waals surface area contributed by atoms with E-state index < -0.39 is 0 Å². The summed E-state index contributed by atoms with van der Waals surface area (Å²) in [5.74, 6) is 0. The molecule has 1 aliphatic carbocycles. The van der Waals surface area contributed by atoms with Crippen LogP contribution in [-0.2, 0) is 4.74 Å². The Morgan fingerprint density at radius 2 is 2.00 bits per heavy atom. The van der Waals surface area contributed by atoms with Crippen molar-refractivity contribution < 1.29 is 4.74 Å². The van der Waals surface area contributed by atoms with Crippen LogP contribution in [-0.4, -0.2) is 25.3 Å². The maximum absolute atomic E-state index is 5.44. The lowest BCUT2D eigenvalue weighted by Crippen LogP contribution is -2.30. The third kappa shape index (κ3) is 4.07. The first kappa shape index (κ1) is 10.0. The fourth-order valence-electron chi connectivity index (χ4n) is 1.69. The van der Waals surface area contributed by atoms with Gasteiger partial charge in [-0.15, -0.1) is 0 Å². The quantitative estimate of drug-likeness (QED) is 0.638. The lowest BCUT2D eigenvalue weighted by atomic mass is 10.2. The first-order chi connectivity index (χ1) is 5.79. The molecule has 1 aliphatic rings. The van der Waals surface area contributed by atoms with E-state index in [-0.39, 0.29) is 0 Å². The second-order valence-corrected chi connectivity index (χ2v) is 3.86. The molecule has 0 spiro atoms. The van der Waals surface area contributed by atoms with Crippen molar-refractivity contribution in [3.8, 4) is 0 Å². The van der Waals surface area contributed by atoms with Crippen molar-refractivity contribution in [2.75, 3.05) is 13.2 Å². The summed E-state index contributed by atoms with van der Waals surface area (Å²) < 4.78 is 5.44. The van der Waals surface area contributed by atoms with Crippen LogP contribution in [0.1, 0.15) is 39.5 Å². The minimum absolute atomic E-state index is 0.371. The second-order valence-electron chi connectivity index (χ2n) is 3.86. The highest BCUT2D eigenvalue weighted by Crippen LogP contribution is 2.17. The van der Waals surface area contributed by atoms with Crippen LogP contribution in [0.3, 0.4) is 0 Å². The molecule has 0 aromatic carbocycles. The van der Waals surface area contributed by atoms with E-state index in [2.05, 4.69) is 19.2 Å². The highest BCUT2D eigenvalue weighted by molar-refractivity contribution is 4.72. The van der Waals surface area contributed by atoms with Crippen LogP contribution in [0.4, 0.5) is 0 Å². The third-order valence-corrected chi connectivity index (χ3v) is 2.34. The highest BCUT2D eigenvalue weighted by atomic mass is 16.5. The molecule has 0 aromatic rings. The van der Waals surface area contributed by atoms with E-state index in [0.717, 1.165) is 19.2 Å². The fraction of sp³-hybridized carbons (Fsp3) is 1.00. The Labute approximate surface area is 75.7 Å². The molecule has 0 unspecified atom stereocenters. The van der Waals surface area contributed by atoms with Gasteiger partial charge in [-0.25, -0.2) is 0 Å². The minimum atomic E-state index is 0.371. The van der Waals surface area contributed by atoms with Gasteiger partial charge in [-0.3, -0.25) is 0 Å². The average molecular weight is 171 g/mol. The van der Waals surface area contributed by atoms with Gasteiger partial charge < -0.3 is 10.1 Å². The Morgan fingerprint density at radius 1 is 1.33 bits per heavy atom. The molecule has 0 bridgehead atoms. The van der Waals surface area contributed by atoms with Gasteiger partial charge in [-0.05, 0) is 26.7 Å². The summed E-state index contributed by atoms with van der Waals surface area (Å²) in [6, 6.07) is 0.778. The van der Waals surface area contributed by atoms with Gasteiger partial charge in [0.25, 0.3) is 0 Å². The Kier molecular flexibility index (Phi) is 4.62. The van der Waals surface area contributed by atoms with Crippen molar-refractivity contribution in [3.63, 3.8) is 0 Å². The molecule has 12 heavy (non-hydrogen) atoms. The molecule has 0 aliphatic heterocycles. The Hall–Kier alpha value is -0.0800. The lowest BCUT2D eigenvalue weighted by molar-refractivity contribution is 0.0794. The summed E-state index contributed by atoms with van der Waals surface area (Å²) in [6.07, 6.45) is 5.91. The Balaban J connectivity index is 1.88. The summed E-state index contributed by atoms with van der Waals surface area (Å²) in [5.41, 5.74) is 0. The van der Waals surface area contributed by atoms with E-state index in [4.69, 9.17) is 4.74 Å². The van der Waals surface area contributed by atoms with Crippen LogP contribution in [0, 0.1) is 0 Å². The van der Waals surface area contributed by atoms with Crippen LogP contribution in [0.5, 0.6) is 0 Å². The molecule has 72 valence electrons. The summed E-state index contributed by atoms with van der Waals surface area (Å²) in [7, 11) is 0. The van der Waals surface area contributed by atoms with Crippen molar-refractivity contribution in [1.29, 1.82) is 0 Å². The van der Waals surface area contributed by atoms with E-state index in [0.29, 0.717) is 6.10 Å². The summed E-state index contributed by atoms with van der Waals surface area (Å²) in [4.78, 5) is 0. The topological polar surface area (TPSA) is 21.3 Å². The van der Waals surface area contributed by atoms with Gasteiger partial charge in [-0.2, -0.15) is 0 Å². The first-order valence-electron chi connectivity index (χ1n) is 5.14. The summed E-state index contributed by atoms with van der Waals surface area (Å²) in [5, 5.41) is 3.51. The van der Waals surface area contributed by atoms with Crippen molar-refractivity contribution in [2.45, 2.75) is 51.7 Å². The van der Waals surface area contributed by atoms with Crippen molar-refractivity contribution in [3.05, 3.63) is 0 Å². The van der Waals surface area contributed by atoms with Gasteiger partial charge in [0.2, 0.25) is 0 Å². The number of nitrogens with one attached hydrogen (secondary N) is 1. The van der Waals surface area contributed by atoms with E-state index in [1.54, 1.807) is 0 Å². The van der Waals surface area contributed by atoms with Gasteiger partial charge in [0, 0.05) is 12.6 Å². The zero-order valence-corrected chi connectivity index (χ0v) is 8.31. The van der Waals surface area contributed by atoms with Gasteiger partial charge in [0.15, 0.2) is 0 Å². The summed E-state index contributed by atoms with van der Waals surface area (Å²) >= 11 is 0. The van der Waals surface area contributed by atoms with Gasteiger partial charge >= 0.3 is 0 Å². The van der Waals surface area contributed by atoms with Crippen molar-refractivity contribution in [2.24, 2.45) is 0 Å². The number of rotatable bonds is 5. The standard InChI is InChI=1S/C10H21NO/c1-9(2)12-8-7-11-10-5-3-4-6-10/h9-11H,3-8H2,1-2H3. The van der Waals surface area contributed by atoms with Crippen LogP contribution >= 0.6 is 0 Å². The number of hydrogen-bond acceptors (Lipinski definition) is 2. The monoisotopic (exact) mass is 171 g/mol. The Morgan fingerprint density at radius 3 is 2.58 bits per heavy atom. The fourth-order valence-corrected chi connectivity index (χ4v) is 1.69. The average Bonchev–Trinajstić information content (AvgIpc) is 2.49. The summed E-state index contributed by atoms with van der Waals surface area (Å²) in [6.45, 7) is 6.03. The second kappa shape index (κ2) is 5.55. The number of hydrogen-bond donors (Lipinski definition) is 1. The third-order valence-electron chi connectivity index (χ3n) is 2.34. The highest BCUT2D eigenvalue weighted by Gasteiger charge is 2.13. The SMILES string of the molecule is CC(C)OCCNC1CCCC1. The largest absolute Gasteiger partial charge is 0.377 e. The lowest BCUT2D eigenvalue weighted by Gasteiger charge is -2.12. The normalized spacial score (nSPS) is 19.2. The molecule has 0 atom stereocenters. The van der Waals surface area contributed by atoms with E-state index in [1.165, 1.54) is 25.7 Å². The van der Waals surface area contributed by atoms with Crippen LogP contribution in [0.2, 0.25) is 0 Å². The predicted octanol–water partition coefficient (Wildman–Crippen LogP) is 1.94. The molecule has 1 saturated carbocycles. The van der Waals surface area contributed by atoms with Gasteiger partial charge in [-0.1, -0.05) is 12.8 Å². The maximum atomic E-state index is 5.44. The van der Waals surface area contributed by atoms with Gasteiger partial charge in [0.1, 0.15) is 0 Å². The van der Waals surface area contributed by atoms with E-state index >= 15 is 0 Å². The maximum Gasteiger partial charge on any atom is 0.0594 e. The predicted molar refractivity (Wildman–Crippen MR) is 51.3 cm³/mol. The molecule has 0 saturated heterocycles. The molecular weight excluding hydrogens is 150 g/mol. The van der Waals surface area contributed by atoms with Crippen LogP contribution < -0.4 is 5.32 Å². The zero-order chi connectivity index (χ0) is 8.81. The van der Waals surface area contributed by atoms with Crippen LogP contribution in [0.25, 0.3) is 0 Å². The van der Waals surface area contributed by atoms with Crippen molar-refractivity contribution >= 4 is 0 Å². The van der Waals surface area contributed by atoms with E-state index in [1.807, 2.05) is 0 Å². The molecule has 2 nitrogen and oxygen atoms in total. The molecule has 1 N–H and O–H groups in total. The first-order valence-corrected chi connectivity index (χ1v) is 5.14. The van der Waals surface area contributed by atoms with Gasteiger partial charge in [0.05, 0.1) is 12.7 Å². The molecular formula is C10H21NO. The number of ether oxygens (including phenoxy) is 1. The smallest absolute Gasteiger partial charge is 0.0594 e. The molecule has 2 heteroatoms. The van der Waals surface area contributed by atoms with E-state index in [9.17, 15) is 0 Å². The molecule has 0 heterocycles. The molecule has 0 radical (unpaired) electrons. The Bertz CT molecular complexity index is 108. The molecule has 0 amide bonds. The molecule has 1 fully saturated rings. The minimum Gasteiger partial charge on any atom is -0.377 e.